The number of benzene rings is 1. The Morgan fingerprint density at radius 2 is 1.81 bits per heavy atom. The van der Waals surface area contributed by atoms with Crippen LogP contribution in [0.25, 0.3) is 0 Å². The first-order valence-electron chi connectivity index (χ1n) is 12.3. The highest BCUT2D eigenvalue weighted by Gasteiger charge is 2.50. The molecule has 2 aliphatic rings. The predicted molar refractivity (Wildman–Crippen MR) is 131 cm³/mol. The third kappa shape index (κ3) is 5.92. The van der Waals surface area contributed by atoms with E-state index in [1.165, 1.54) is 18.7 Å². The van der Waals surface area contributed by atoms with E-state index in [0.717, 1.165) is 5.56 Å². The molecule has 1 aromatic rings. The molecule has 2 fully saturated rings. The molecule has 8 N–H and O–H groups in total. The summed E-state index contributed by atoms with van der Waals surface area (Å²) in [7, 11) is 0. The van der Waals surface area contributed by atoms with Crippen LogP contribution in [0.4, 0.5) is 0 Å². The maximum absolute atomic E-state index is 13.6. The van der Waals surface area contributed by atoms with Crippen LogP contribution in [-0.2, 0) is 25.6 Å². The Labute approximate surface area is 210 Å². The molecule has 0 saturated carbocycles. The minimum atomic E-state index is -1.29. The van der Waals surface area contributed by atoms with Crippen molar-refractivity contribution < 1.29 is 29.4 Å². The number of aliphatic hydroxyl groups excluding tert-OH is 2. The normalized spacial score (nSPS) is 27.2. The molecule has 0 bridgehead atoms. The molecule has 0 radical (unpaired) electrons. The van der Waals surface area contributed by atoms with Gasteiger partial charge in [-0.25, -0.2) is 0 Å². The van der Waals surface area contributed by atoms with Gasteiger partial charge in [-0.15, -0.1) is 0 Å². The molecule has 0 spiro atoms. The van der Waals surface area contributed by atoms with Gasteiger partial charge in [0.2, 0.25) is 17.7 Å². The molecular weight excluding hydrogens is 466 g/mol. The van der Waals surface area contributed by atoms with Gasteiger partial charge < -0.3 is 31.9 Å². The monoisotopic (exact) mass is 503 g/mol. The van der Waals surface area contributed by atoms with E-state index in [1.54, 1.807) is 0 Å². The zero-order chi connectivity index (χ0) is 26.6. The largest absolute Gasteiger partial charge is 0.391 e. The second-order valence-electron chi connectivity index (χ2n) is 9.93. The van der Waals surface area contributed by atoms with Gasteiger partial charge in [0.05, 0.1) is 24.3 Å². The SMILES string of the molecule is CC(O)C(N)C(=O)N1CCCC1C(=O)C1CCC(Cc2ccccc2)(C(=O)NC(C(N)=O)[C@@H](C)O)N1. The highest BCUT2D eigenvalue weighted by Crippen LogP contribution is 2.31. The summed E-state index contributed by atoms with van der Waals surface area (Å²) >= 11 is 0. The van der Waals surface area contributed by atoms with Crippen LogP contribution in [0, 0.1) is 0 Å². The lowest BCUT2D eigenvalue weighted by Gasteiger charge is -2.33. The van der Waals surface area contributed by atoms with Crippen molar-refractivity contribution in [1.29, 1.82) is 0 Å². The average Bonchev–Trinajstić information content (AvgIpc) is 3.49. The van der Waals surface area contributed by atoms with E-state index in [2.05, 4.69) is 10.6 Å². The number of nitrogens with one attached hydrogen (secondary N) is 2. The van der Waals surface area contributed by atoms with Gasteiger partial charge in [-0.1, -0.05) is 30.3 Å². The smallest absolute Gasteiger partial charge is 0.242 e. The van der Waals surface area contributed by atoms with Crippen LogP contribution in [0.15, 0.2) is 30.3 Å². The Morgan fingerprint density at radius 3 is 2.39 bits per heavy atom. The zero-order valence-electron chi connectivity index (χ0n) is 20.7. The third-order valence-electron chi connectivity index (χ3n) is 7.18. The Kier molecular flexibility index (Phi) is 8.83. The van der Waals surface area contributed by atoms with Crippen LogP contribution in [0.3, 0.4) is 0 Å². The number of Topliss-reactive ketones (excluding diaryl/α,β-unsaturated/α-hetero) is 1. The van der Waals surface area contributed by atoms with E-state index in [1.807, 2.05) is 30.3 Å². The summed E-state index contributed by atoms with van der Waals surface area (Å²) in [6.07, 6.45) is -0.262. The number of ketones is 1. The van der Waals surface area contributed by atoms with Crippen LogP contribution in [0.2, 0.25) is 0 Å². The summed E-state index contributed by atoms with van der Waals surface area (Å²) in [5.74, 6) is -2.10. The highest BCUT2D eigenvalue weighted by atomic mass is 16.3. The molecule has 1 aromatic carbocycles. The van der Waals surface area contributed by atoms with Gasteiger partial charge in [-0.05, 0) is 51.5 Å². The lowest BCUT2D eigenvalue weighted by Crippen LogP contribution is -2.63. The minimum absolute atomic E-state index is 0.219. The fraction of sp³-hybridized carbons (Fsp3) is 0.600. The molecule has 2 aliphatic heterocycles. The van der Waals surface area contributed by atoms with Crippen LogP contribution in [0.5, 0.6) is 0 Å². The molecule has 0 aromatic heterocycles. The summed E-state index contributed by atoms with van der Waals surface area (Å²) in [6.45, 7) is 3.15. The standard InChI is InChI=1S/C25H37N5O6/c1-14(31)19(26)23(35)30-12-6-9-18(30)21(33)17-10-11-25(29-17,13-16-7-4-3-5-8-16)24(36)28-20(15(2)32)22(27)34/h3-5,7-8,14-15,17-20,29,31-32H,6,9-13,26H2,1-2H3,(H2,27,34)(H,28,36)/t14?,15-,17?,18?,19?,20?,25?/m1/s1. The average molecular weight is 504 g/mol. The summed E-state index contributed by atoms with van der Waals surface area (Å²) in [5, 5.41) is 25.5. The van der Waals surface area contributed by atoms with Gasteiger partial charge >= 0.3 is 0 Å². The van der Waals surface area contributed by atoms with Gasteiger partial charge in [-0.2, -0.15) is 0 Å². The summed E-state index contributed by atoms with van der Waals surface area (Å²) in [6, 6.07) is 5.44. The maximum atomic E-state index is 13.6. The molecular formula is C25H37N5O6. The van der Waals surface area contributed by atoms with E-state index in [9.17, 15) is 29.4 Å². The van der Waals surface area contributed by atoms with Gasteiger partial charge in [0.15, 0.2) is 5.78 Å². The number of hydrogen-bond acceptors (Lipinski definition) is 8. The van der Waals surface area contributed by atoms with E-state index in [-0.39, 0.29) is 12.2 Å². The van der Waals surface area contributed by atoms with Crippen molar-refractivity contribution in [3.05, 3.63) is 35.9 Å². The molecule has 11 heteroatoms. The molecule has 6 unspecified atom stereocenters. The van der Waals surface area contributed by atoms with E-state index >= 15 is 0 Å². The summed E-state index contributed by atoms with van der Waals surface area (Å²) < 4.78 is 0. The second-order valence-corrected chi connectivity index (χ2v) is 9.93. The molecule has 7 atom stereocenters. The van der Waals surface area contributed by atoms with Crippen LogP contribution in [-0.4, -0.2) is 87.1 Å². The number of primary amides is 1. The zero-order valence-corrected chi connectivity index (χ0v) is 20.7. The number of amides is 3. The predicted octanol–water partition coefficient (Wildman–Crippen LogP) is -1.66. The van der Waals surface area contributed by atoms with E-state index in [0.29, 0.717) is 32.2 Å². The number of aliphatic hydroxyl groups is 2. The topological polar surface area (TPSA) is 188 Å². The number of carbonyl (C=O) groups is 4. The van der Waals surface area contributed by atoms with Crippen molar-refractivity contribution in [2.75, 3.05) is 6.54 Å². The molecule has 2 saturated heterocycles. The van der Waals surface area contributed by atoms with Crippen molar-refractivity contribution in [3.63, 3.8) is 0 Å². The van der Waals surface area contributed by atoms with Crippen LogP contribution >= 0.6 is 0 Å². The first-order valence-corrected chi connectivity index (χ1v) is 12.3. The number of nitrogens with two attached hydrogens (primary N) is 2. The molecule has 36 heavy (non-hydrogen) atoms. The van der Waals surface area contributed by atoms with Crippen molar-refractivity contribution in [1.82, 2.24) is 15.5 Å². The van der Waals surface area contributed by atoms with Crippen LogP contribution < -0.4 is 22.1 Å². The Hall–Kier alpha value is -2.86. The fourth-order valence-electron chi connectivity index (χ4n) is 5.09. The highest BCUT2D eigenvalue weighted by molar-refractivity contribution is 5.97. The van der Waals surface area contributed by atoms with E-state index in [4.69, 9.17) is 11.5 Å². The number of carbonyl (C=O) groups excluding carboxylic acids is 4. The molecule has 3 rings (SSSR count). The Balaban J connectivity index is 1.83. The number of nitrogens with zero attached hydrogens (tertiary/aromatic N) is 1. The second kappa shape index (κ2) is 11.5. The molecule has 11 nitrogen and oxygen atoms in total. The summed E-state index contributed by atoms with van der Waals surface area (Å²) in [5.41, 5.74) is 10.8. The van der Waals surface area contributed by atoms with Crippen molar-refractivity contribution in [2.45, 2.75) is 87.9 Å². The summed E-state index contributed by atoms with van der Waals surface area (Å²) in [4.78, 5) is 53.1. The van der Waals surface area contributed by atoms with Gasteiger partial charge in [0.25, 0.3) is 0 Å². The maximum Gasteiger partial charge on any atom is 0.242 e. The first-order chi connectivity index (χ1) is 17.0. The first kappa shape index (κ1) is 27.7. The van der Waals surface area contributed by atoms with E-state index < -0.39 is 59.6 Å². The van der Waals surface area contributed by atoms with Crippen LogP contribution in [0.1, 0.15) is 45.1 Å². The minimum Gasteiger partial charge on any atom is -0.391 e. The quantitative estimate of drug-likeness (QED) is 0.219. The lowest BCUT2D eigenvalue weighted by atomic mass is 9.87. The lowest BCUT2D eigenvalue weighted by molar-refractivity contribution is -0.141. The van der Waals surface area contributed by atoms with Gasteiger partial charge in [0, 0.05) is 6.54 Å². The van der Waals surface area contributed by atoms with Gasteiger partial charge in [-0.3, -0.25) is 24.5 Å². The number of rotatable bonds is 10. The van der Waals surface area contributed by atoms with Gasteiger partial charge in [0.1, 0.15) is 17.6 Å². The van der Waals surface area contributed by atoms with Crippen molar-refractivity contribution in [3.8, 4) is 0 Å². The fourth-order valence-corrected chi connectivity index (χ4v) is 5.09. The Morgan fingerprint density at radius 1 is 1.14 bits per heavy atom. The molecule has 3 amide bonds. The Bertz CT molecular complexity index is 971. The molecule has 0 aliphatic carbocycles. The molecule has 198 valence electrons. The molecule has 2 heterocycles. The number of likely N-dealkylation sites (tertiary alicyclic amines) is 1. The number of hydrogen-bond donors (Lipinski definition) is 6. The third-order valence-corrected chi connectivity index (χ3v) is 7.18. The van der Waals surface area contributed by atoms with Crippen molar-refractivity contribution in [2.24, 2.45) is 11.5 Å². The van der Waals surface area contributed by atoms with Crippen molar-refractivity contribution >= 4 is 23.5 Å².